The number of hydrogen-bond acceptors (Lipinski definition) is 2. The SMILES string of the molecule is CCCCCC(C)Nc1ccc(N(C)C)cc1C. The van der Waals surface area contributed by atoms with Gasteiger partial charge in [0.15, 0.2) is 0 Å². The topological polar surface area (TPSA) is 15.3 Å². The van der Waals surface area contributed by atoms with E-state index < -0.39 is 0 Å². The van der Waals surface area contributed by atoms with E-state index in [2.05, 4.69) is 63.3 Å². The van der Waals surface area contributed by atoms with E-state index in [1.165, 1.54) is 42.6 Å². The van der Waals surface area contributed by atoms with Gasteiger partial charge in [0.25, 0.3) is 0 Å². The maximum Gasteiger partial charge on any atom is 0.0373 e. The molecule has 0 spiro atoms. The molecule has 1 N–H and O–H groups in total. The number of aryl methyl sites for hydroxylation is 1. The van der Waals surface area contributed by atoms with Crippen LogP contribution >= 0.6 is 0 Å². The summed E-state index contributed by atoms with van der Waals surface area (Å²) >= 11 is 0. The van der Waals surface area contributed by atoms with Gasteiger partial charge in [0.1, 0.15) is 0 Å². The van der Waals surface area contributed by atoms with Crippen molar-refractivity contribution in [2.75, 3.05) is 24.3 Å². The van der Waals surface area contributed by atoms with Gasteiger partial charge in [-0.3, -0.25) is 0 Å². The Morgan fingerprint density at radius 2 is 1.94 bits per heavy atom. The molecule has 0 saturated carbocycles. The van der Waals surface area contributed by atoms with Gasteiger partial charge in [-0.2, -0.15) is 0 Å². The summed E-state index contributed by atoms with van der Waals surface area (Å²) in [5, 5.41) is 3.62. The number of benzene rings is 1. The van der Waals surface area contributed by atoms with Gasteiger partial charge in [0, 0.05) is 31.5 Å². The van der Waals surface area contributed by atoms with Gasteiger partial charge < -0.3 is 10.2 Å². The highest BCUT2D eigenvalue weighted by Crippen LogP contribution is 2.22. The number of nitrogens with zero attached hydrogens (tertiary/aromatic N) is 1. The smallest absolute Gasteiger partial charge is 0.0373 e. The van der Waals surface area contributed by atoms with Crippen molar-refractivity contribution in [3.63, 3.8) is 0 Å². The van der Waals surface area contributed by atoms with Crippen LogP contribution in [0.25, 0.3) is 0 Å². The Hall–Kier alpha value is -1.18. The van der Waals surface area contributed by atoms with Crippen LogP contribution in [0.4, 0.5) is 11.4 Å². The van der Waals surface area contributed by atoms with E-state index in [1.807, 2.05) is 0 Å². The van der Waals surface area contributed by atoms with Crippen LogP contribution in [0.5, 0.6) is 0 Å². The zero-order valence-corrected chi connectivity index (χ0v) is 12.6. The van der Waals surface area contributed by atoms with Gasteiger partial charge in [-0.25, -0.2) is 0 Å². The minimum atomic E-state index is 0.556. The molecule has 2 heteroatoms. The Morgan fingerprint density at radius 3 is 2.50 bits per heavy atom. The predicted molar refractivity (Wildman–Crippen MR) is 82.7 cm³/mol. The Labute approximate surface area is 112 Å². The van der Waals surface area contributed by atoms with Crippen molar-refractivity contribution in [3.8, 4) is 0 Å². The van der Waals surface area contributed by atoms with Gasteiger partial charge in [-0.15, -0.1) is 0 Å². The normalized spacial score (nSPS) is 12.3. The van der Waals surface area contributed by atoms with Crippen LogP contribution in [0.3, 0.4) is 0 Å². The second-order valence-electron chi connectivity index (χ2n) is 5.43. The lowest BCUT2D eigenvalue weighted by Gasteiger charge is -2.19. The molecule has 102 valence electrons. The Bertz CT molecular complexity index is 358. The molecular weight excluding hydrogens is 220 g/mol. The Kier molecular flexibility index (Phi) is 6.03. The van der Waals surface area contributed by atoms with Crippen LogP contribution in [0, 0.1) is 6.92 Å². The molecule has 1 unspecified atom stereocenters. The molecule has 1 rings (SSSR count). The quantitative estimate of drug-likeness (QED) is 0.718. The lowest BCUT2D eigenvalue weighted by molar-refractivity contribution is 0.615. The molecule has 0 fully saturated rings. The van der Waals surface area contributed by atoms with E-state index >= 15 is 0 Å². The molecule has 0 saturated heterocycles. The lowest BCUT2D eigenvalue weighted by Crippen LogP contribution is -2.16. The molecule has 0 aliphatic carbocycles. The zero-order chi connectivity index (χ0) is 13.5. The fourth-order valence-corrected chi connectivity index (χ4v) is 2.13. The van der Waals surface area contributed by atoms with Crippen molar-refractivity contribution in [1.29, 1.82) is 0 Å². The highest BCUT2D eigenvalue weighted by molar-refractivity contribution is 5.60. The second kappa shape index (κ2) is 7.30. The van der Waals surface area contributed by atoms with Crippen molar-refractivity contribution in [3.05, 3.63) is 23.8 Å². The summed E-state index contributed by atoms with van der Waals surface area (Å²) in [5.74, 6) is 0. The van der Waals surface area contributed by atoms with Gasteiger partial charge in [-0.05, 0) is 44.0 Å². The Balaban J connectivity index is 2.56. The molecule has 18 heavy (non-hydrogen) atoms. The molecule has 1 aromatic carbocycles. The van der Waals surface area contributed by atoms with E-state index in [0.717, 1.165) is 0 Å². The predicted octanol–water partition coefficient (Wildman–Crippen LogP) is 4.44. The fraction of sp³-hybridized carbons (Fsp3) is 0.625. The molecule has 0 aliphatic heterocycles. The number of hydrogen-bond donors (Lipinski definition) is 1. The van der Waals surface area contributed by atoms with E-state index in [1.54, 1.807) is 0 Å². The molecule has 0 aromatic heterocycles. The lowest BCUT2D eigenvalue weighted by atomic mass is 10.1. The third kappa shape index (κ3) is 4.59. The van der Waals surface area contributed by atoms with Crippen LogP contribution in [-0.2, 0) is 0 Å². The van der Waals surface area contributed by atoms with Crippen molar-refractivity contribution < 1.29 is 0 Å². The van der Waals surface area contributed by atoms with Crippen LogP contribution in [-0.4, -0.2) is 20.1 Å². The minimum Gasteiger partial charge on any atom is -0.382 e. The van der Waals surface area contributed by atoms with Gasteiger partial charge >= 0.3 is 0 Å². The van der Waals surface area contributed by atoms with Crippen molar-refractivity contribution in [1.82, 2.24) is 0 Å². The first-order valence-corrected chi connectivity index (χ1v) is 7.09. The average molecular weight is 248 g/mol. The van der Waals surface area contributed by atoms with Crippen molar-refractivity contribution in [2.45, 2.75) is 52.5 Å². The average Bonchev–Trinajstić information content (AvgIpc) is 2.32. The number of unbranched alkanes of at least 4 members (excludes halogenated alkanes) is 2. The Morgan fingerprint density at radius 1 is 1.22 bits per heavy atom. The van der Waals surface area contributed by atoms with E-state index in [9.17, 15) is 0 Å². The van der Waals surface area contributed by atoms with E-state index in [-0.39, 0.29) is 0 Å². The summed E-state index contributed by atoms with van der Waals surface area (Å²) < 4.78 is 0. The maximum absolute atomic E-state index is 3.62. The van der Waals surface area contributed by atoms with E-state index in [0.29, 0.717) is 6.04 Å². The molecule has 0 amide bonds. The zero-order valence-electron chi connectivity index (χ0n) is 12.6. The van der Waals surface area contributed by atoms with Crippen molar-refractivity contribution in [2.24, 2.45) is 0 Å². The van der Waals surface area contributed by atoms with E-state index in [4.69, 9.17) is 0 Å². The first-order chi connectivity index (χ1) is 8.54. The number of rotatable bonds is 7. The van der Waals surface area contributed by atoms with Gasteiger partial charge in [-0.1, -0.05) is 26.2 Å². The summed E-state index contributed by atoms with van der Waals surface area (Å²) in [4.78, 5) is 2.14. The second-order valence-corrected chi connectivity index (χ2v) is 5.43. The molecule has 0 bridgehead atoms. The van der Waals surface area contributed by atoms with Crippen LogP contribution in [0.2, 0.25) is 0 Å². The molecule has 1 aromatic rings. The molecular formula is C16H28N2. The van der Waals surface area contributed by atoms with Crippen LogP contribution < -0.4 is 10.2 Å². The number of nitrogens with one attached hydrogen (secondary N) is 1. The first-order valence-electron chi connectivity index (χ1n) is 7.09. The molecule has 1 atom stereocenters. The summed E-state index contributed by atoms with van der Waals surface area (Å²) in [6, 6.07) is 7.16. The molecule has 0 aliphatic rings. The summed E-state index contributed by atoms with van der Waals surface area (Å²) in [5.41, 5.74) is 3.85. The third-order valence-electron chi connectivity index (χ3n) is 3.37. The third-order valence-corrected chi connectivity index (χ3v) is 3.37. The molecule has 0 heterocycles. The highest BCUT2D eigenvalue weighted by atomic mass is 15.1. The summed E-state index contributed by atoms with van der Waals surface area (Å²) in [6.07, 6.45) is 5.20. The highest BCUT2D eigenvalue weighted by Gasteiger charge is 2.05. The van der Waals surface area contributed by atoms with Gasteiger partial charge in [0.2, 0.25) is 0 Å². The molecule has 0 radical (unpaired) electrons. The summed E-state index contributed by atoms with van der Waals surface area (Å²) in [7, 11) is 4.16. The number of anilines is 2. The van der Waals surface area contributed by atoms with Crippen LogP contribution in [0.1, 0.15) is 45.1 Å². The van der Waals surface area contributed by atoms with Crippen molar-refractivity contribution >= 4 is 11.4 Å². The maximum atomic E-state index is 3.62. The standard InChI is InChI=1S/C16H28N2/c1-6-7-8-9-14(3)17-16-11-10-15(18(4)5)12-13(16)2/h10-12,14,17H,6-9H2,1-5H3. The monoisotopic (exact) mass is 248 g/mol. The van der Waals surface area contributed by atoms with Gasteiger partial charge in [0.05, 0.1) is 0 Å². The molecule has 2 nitrogen and oxygen atoms in total. The van der Waals surface area contributed by atoms with Crippen LogP contribution in [0.15, 0.2) is 18.2 Å². The largest absolute Gasteiger partial charge is 0.382 e. The summed E-state index contributed by atoms with van der Waals surface area (Å²) in [6.45, 7) is 6.70. The first kappa shape index (κ1) is 14.9. The fourth-order valence-electron chi connectivity index (χ4n) is 2.13. The minimum absolute atomic E-state index is 0.556.